The van der Waals surface area contributed by atoms with Gasteiger partial charge in [0.2, 0.25) is 0 Å². The summed E-state index contributed by atoms with van der Waals surface area (Å²) in [6.07, 6.45) is 0. The third-order valence-electron chi connectivity index (χ3n) is 15.9. The molecule has 2 aliphatic rings. The third kappa shape index (κ3) is 8.45. The molecule has 404 valence electrons. The van der Waals surface area contributed by atoms with Crippen LogP contribution in [0.4, 0.5) is 11.4 Å². The van der Waals surface area contributed by atoms with Crippen LogP contribution in [-0.4, -0.2) is 21.8 Å². The number of nitrogens with zero attached hydrogens (tertiary/aromatic N) is 2. The van der Waals surface area contributed by atoms with E-state index in [4.69, 9.17) is 43.4 Å². The van der Waals surface area contributed by atoms with Crippen LogP contribution in [0.2, 0.25) is 0 Å². The molecule has 0 aliphatic carbocycles. The van der Waals surface area contributed by atoms with Gasteiger partial charge in [0.25, 0.3) is 11.8 Å². The number of benzene rings is 11. The van der Waals surface area contributed by atoms with E-state index in [2.05, 4.69) is 91.8 Å². The average Bonchev–Trinajstić information content (AvgIpc) is 1.49. The summed E-state index contributed by atoms with van der Waals surface area (Å²) in [6.45, 7) is 17.1. The van der Waals surface area contributed by atoms with E-state index in [1.54, 1.807) is 9.80 Å². The van der Waals surface area contributed by atoms with E-state index in [0.29, 0.717) is 121 Å². The molecule has 0 aromatic heterocycles. The first-order valence-corrected chi connectivity index (χ1v) is 28.8. The number of rotatable bonds is 14. The molecular formula is C72H58N2O6S2. The predicted molar refractivity (Wildman–Crippen MR) is 340 cm³/mol. The van der Waals surface area contributed by atoms with Crippen molar-refractivity contribution in [3.8, 4) is 46.0 Å². The van der Waals surface area contributed by atoms with E-state index >= 15 is 9.59 Å². The zero-order valence-electron chi connectivity index (χ0n) is 46.8. The Morgan fingerprint density at radius 1 is 0.305 bits per heavy atom. The second kappa shape index (κ2) is 20.5. The fraction of sp³-hybridized carbons (Fsp3) is 0.167. The lowest BCUT2D eigenvalue weighted by molar-refractivity contribution is 0.0995. The van der Waals surface area contributed by atoms with Gasteiger partial charge in [-0.3, -0.25) is 19.4 Å². The van der Waals surface area contributed by atoms with Gasteiger partial charge < -0.3 is 18.9 Å². The minimum absolute atomic E-state index is 0.0498. The molecule has 8 nitrogen and oxygen atoms in total. The first-order chi connectivity index (χ1) is 39.7. The van der Waals surface area contributed by atoms with Crippen LogP contribution in [0.3, 0.4) is 0 Å². The molecule has 11 aromatic carbocycles. The van der Waals surface area contributed by atoms with Crippen LogP contribution in [-0.2, 0) is 0 Å². The van der Waals surface area contributed by atoms with E-state index in [-0.39, 0.29) is 35.5 Å². The highest BCUT2D eigenvalue weighted by molar-refractivity contribution is 7.81. The number of fused-ring (bicyclic) bond motifs is 2. The van der Waals surface area contributed by atoms with Crippen molar-refractivity contribution in [1.82, 2.24) is 0 Å². The Balaban J connectivity index is 1.26. The van der Waals surface area contributed by atoms with Crippen LogP contribution in [0.15, 0.2) is 182 Å². The van der Waals surface area contributed by atoms with Gasteiger partial charge in [-0.25, -0.2) is 0 Å². The van der Waals surface area contributed by atoms with Crippen molar-refractivity contribution in [3.05, 3.63) is 226 Å². The number of amides is 2. The SMILES string of the molecule is CC(C)c1cccc(C(C)C)c1N1C(=O)c2cc(Oc3ccccc3)c3c4c(Oc5ccccc5)cc5c6c(cc(Oc7ccccc7)c(c7c(Oc8ccccc8)cc(c2c37)C1=S)c64)C(=S)N(c1c(C(C)C)cccc1C(C)C)C5=O. The van der Waals surface area contributed by atoms with Crippen LogP contribution >= 0.6 is 24.4 Å². The van der Waals surface area contributed by atoms with Gasteiger partial charge in [-0.1, -0.05) is 189 Å². The largest absolute Gasteiger partial charge is 0.457 e. The molecule has 0 bridgehead atoms. The van der Waals surface area contributed by atoms with Crippen molar-refractivity contribution in [2.75, 3.05) is 9.80 Å². The van der Waals surface area contributed by atoms with Gasteiger partial charge in [0.15, 0.2) is 0 Å². The van der Waals surface area contributed by atoms with Crippen molar-refractivity contribution in [3.63, 3.8) is 0 Å². The summed E-state index contributed by atoms with van der Waals surface area (Å²) in [5.41, 5.74) is 7.54. The fourth-order valence-electron chi connectivity index (χ4n) is 12.2. The second-order valence-electron chi connectivity index (χ2n) is 22.4. The average molecular weight is 1110 g/mol. The lowest BCUT2D eigenvalue weighted by Gasteiger charge is -2.36. The first kappa shape index (κ1) is 52.4. The van der Waals surface area contributed by atoms with Gasteiger partial charge in [0.05, 0.1) is 22.5 Å². The molecule has 0 saturated heterocycles. The van der Waals surface area contributed by atoms with Gasteiger partial charge in [-0.15, -0.1) is 0 Å². The Hall–Kier alpha value is -8.96. The highest BCUT2D eigenvalue weighted by Gasteiger charge is 2.42. The zero-order chi connectivity index (χ0) is 56.8. The van der Waals surface area contributed by atoms with Crippen molar-refractivity contribution in [2.24, 2.45) is 0 Å². The van der Waals surface area contributed by atoms with Gasteiger partial charge in [0, 0.05) is 54.2 Å². The summed E-state index contributed by atoms with van der Waals surface area (Å²) in [6, 6.07) is 58.5. The van der Waals surface area contributed by atoms with Gasteiger partial charge in [0.1, 0.15) is 56.0 Å². The Bertz CT molecular complexity index is 3880. The Morgan fingerprint density at radius 2 is 0.549 bits per heavy atom. The quantitative estimate of drug-likeness (QED) is 0.0605. The van der Waals surface area contributed by atoms with Gasteiger partial charge in [-0.2, -0.15) is 0 Å². The number of carbonyl (C=O) groups excluding carboxylic acids is 2. The van der Waals surface area contributed by atoms with Crippen molar-refractivity contribution in [1.29, 1.82) is 0 Å². The number of hydrogen-bond donors (Lipinski definition) is 0. The van der Waals surface area contributed by atoms with Crippen LogP contribution in [0.1, 0.15) is 133 Å². The molecule has 2 heterocycles. The molecule has 2 aliphatic heterocycles. The standard InChI is InChI=1S/C72H58N2O6S2/c1-39(2)47-31-21-32-48(40(3)4)67(47)73-69(75)51-35-55(77-43-23-13-9-14-24-43)61-62-56(78-44-25-15-10-16-26-44)36-52-60-54(72(82)74(70(52)76)68-49(41(5)6)33-22-34-50(68)42(7)8)38-58(80-46-29-19-12-20-30-46)64(66(60)62)63-57(79-45-27-17-11-18-28-45)37-53(71(73)81)59(51)65(61)63/h9-42H,1-8H3. The van der Waals surface area contributed by atoms with E-state index < -0.39 is 0 Å². The zero-order valence-corrected chi connectivity index (χ0v) is 48.4. The number of hydrogen-bond acceptors (Lipinski definition) is 8. The number of ether oxygens (including phenoxy) is 4. The fourth-order valence-corrected chi connectivity index (χ4v) is 12.9. The molecule has 13 rings (SSSR count). The van der Waals surface area contributed by atoms with Gasteiger partial charge in [-0.05, 0) is 119 Å². The molecule has 0 spiro atoms. The van der Waals surface area contributed by atoms with E-state index in [1.165, 1.54) is 0 Å². The normalized spacial score (nSPS) is 13.4. The number of thiocarbonyl (C=S) groups is 2. The summed E-state index contributed by atoms with van der Waals surface area (Å²) in [4.78, 5) is 36.6. The molecule has 11 aromatic rings. The molecule has 0 N–H and O–H groups in total. The molecule has 0 unspecified atom stereocenters. The topological polar surface area (TPSA) is 77.5 Å². The Labute approximate surface area is 487 Å². The maximum atomic E-state index is 16.3. The number of anilines is 2. The summed E-state index contributed by atoms with van der Waals surface area (Å²) in [5, 5.41) is 4.91. The highest BCUT2D eigenvalue weighted by Crippen LogP contribution is 2.59. The molecule has 0 radical (unpaired) electrons. The maximum Gasteiger partial charge on any atom is 0.264 e. The van der Waals surface area contributed by atoms with Crippen molar-refractivity contribution >= 4 is 101 Å². The number of para-hydroxylation sites is 6. The summed E-state index contributed by atoms with van der Waals surface area (Å²) in [5.74, 6) is 3.42. The third-order valence-corrected chi connectivity index (χ3v) is 16.7. The van der Waals surface area contributed by atoms with Gasteiger partial charge >= 0.3 is 0 Å². The van der Waals surface area contributed by atoms with Crippen LogP contribution in [0, 0.1) is 0 Å². The minimum atomic E-state index is -0.296. The Kier molecular flexibility index (Phi) is 13.1. The molecule has 0 saturated carbocycles. The molecular weight excluding hydrogens is 1050 g/mol. The molecule has 0 atom stereocenters. The first-order valence-electron chi connectivity index (χ1n) is 28.0. The molecule has 82 heavy (non-hydrogen) atoms. The highest BCUT2D eigenvalue weighted by atomic mass is 32.1. The second-order valence-corrected chi connectivity index (χ2v) is 23.2. The van der Waals surface area contributed by atoms with Crippen molar-refractivity contribution in [2.45, 2.75) is 79.1 Å². The summed E-state index contributed by atoms with van der Waals surface area (Å²) < 4.78 is 29.0. The smallest absolute Gasteiger partial charge is 0.264 e. The predicted octanol–water partition coefficient (Wildman–Crippen LogP) is 20.1. The monoisotopic (exact) mass is 1110 g/mol. The Morgan fingerprint density at radius 3 is 0.793 bits per heavy atom. The lowest BCUT2D eigenvalue weighted by atomic mass is 9.80. The van der Waals surface area contributed by atoms with E-state index in [1.807, 2.05) is 146 Å². The van der Waals surface area contributed by atoms with Crippen LogP contribution in [0.5, 0.6) is 46.0 Å². The maximum absolute atomic E-state index is 16.3. The molecule has 2 amide bonds. The molecule has 10 heteroatoms. The summed E-state index contributed by atoms with van der Waals surface area (Å²) in [7, 11) is 0. The van der Waals surface area contributed by atoms with Crippen molar-refractivity contribution < 1.29 is 28.5 Å². The lowest BCUT2D eigenvalue weighted by Crippen LogP contribution is -2.41. The minimum Gasteiger partial charge on any atom is -0.457 e. The van der Waals surface area contributed by atoms with E-state index in [9.17, 15) is 0 Å². The van der Waals surface area contributed by atoms with Crippen LogP contribution in [0.25, 0.3) is 43.1 Å². The summed E-state index contributed by atoms with van der Waals surface area (Å²) >= 11 is 13.5. The number of carbonyl (C=O) groups is 2. The van der Waals surface area contributed by atoms with E-state index in [0.717, 1.165) is 33.6 Å². The van der Waals surface area contributed by atoms with Crippen LogP contribution < -0.4 is 28.7 Å². The molecule has 0 fully saturated rings.